The molecule has 0 unspecified atom stereocenters. The molecule has 11 aromatic carbocycles. The first-order chi connectivity index (χ1) is 30.7. The summed E-state index contributed by atoms with van der Waals surface area (Å²) in [6.45, 7) is 0. The van der Waals surface area contributed by atoms with Crippen molar-refractivity contribution in [1.29, 1.82) is 0 Å². The van der Waals surface area contributed by atoms with Crippen molar-refractivity contribution in [2.75, 3.05) is 4.90 Å². The summed E-state index contributed by atoms with van der Waals surface area (Å²) >= 11 is 0. The second-order valence-corrected chi connectivity index (χ2v) is 16.1. The Bertz CT molecular complexity index is 3620. The van der Waals surface area contributed by atoms with Gasteiger partial charge in [0.05, 0.1) is 16.7 Å². The number of hydrogen-bond donors (Lipinski definition) is 0. The van der Waals surface area contributed by atoms with Gasteiger partial charge in [-0.1, -0.05) is 182 Å². The summed E-state index contributed by atoms with van der Waals surface area (Å²) < 4.78 is 2.40. The van der Waals surface area contributed by atoms with Crippen LogP contribution < -0.4 is 4.90 Å². The third-order valence-electron chi connectivity index (χ3n) is 12.6. The van der Waals surface area contributed by atoms with E-state index in [1.807, 2.05) is 0 Å². The van der Waals surface area contributed by atoms with Crippen molar-refractivity contribution in [2.45, 2.75) is 0 Å². The van der Waals surface area contributed by atoms with E-state index < -0.39 is 0 Å². The molecule has 0 saturated carbocycles. The largest absolute Gasteiger partial charge is 0.310 e. The first-order valence-corrected chi connectivity index (χ1v) is 21.3. The van der Waals surface area contributed by atoms with Crippen LogP contribution in [-0.4, -0.2) is 4.57 Å². The molecule has 0 aliphatic heterocycles. The highest BCUT2D eigenvalue weighted by Crippen LogP contribution is 2.45. The molecule has 12 rings (SSSR count). The van der Waals surface area contributed by atoms with Crippen LogP contribution in [0.5, 0.6) is 0 Å². The Labute approximate surface area is 360 Å². The van der Waals surface area contributed by atoms with Crippen LogP contribution in [0.3, 0.4) is 0 Å². The van der Waals surface area contributed by atoms with Crippen molar-refractivity contribution in [3.63, 3.8) is 0 Å². The average molecular weight is 789 g/mol. The van der Waals surface area contributed by atoms with Gasteiger partial charge in [-0.15, -0.1) is 0 Å². The van der Waals surface area contributed by atoms with Crippen LogP contribution in [0, 0.1) is 0 Å². The number of hydrogen-bond acceptors (Lipinski definition) is 1. The first-order valence-electron chi connectivity index (χ1n) is 21.3. The molecule has 2 nitrogen and oxygen atoms in total. The Kier molecular flexibility index (Phi) is 8.53. The van der Waals surface area contributed by atoms with E-state index in [0.717, 1.165) is 22.7 Å². The number of nitrogens with zero attached hydrogens (tertiary/aromatic N) is 2. The lowest BCUT2D eigenvalue weighted by molar-refractivity contribution is 1.18. The fourth-order valence-corrected chi connectivity index (χ4v) is 9.60. The summed E-state index contributed by atoms with van der Waals surface area (Å²) in [4.78, 5) is 2.45. The molecule has 1 aromatic heterocycles. The highest BCUT2D eigenvalue weighted by molar-refractivity contribution is 6.17. The van der Waals surface area contributed by atoms with Crippen molar-refractivity contribution in [3.05, 3.63) is 243 Å². The Hall–Kier alpha value is -8.20. The van der Waals surface area contributed by atoms with E-state index in [1.54, 1.807) is 0 Å². The van der Waals surface area contributed by atoms with Gasteiger partial charge in [-0.05, 0) is 126 Å². The van der Waals surface area contributed by atoms with Crippen LogP contribution in [0.15, 0.2) is 243 Å². The lowest BCUT2D eigenvalue weighted by Gasteiger charge is -2.27. The SMILES string of the molecule is c1ccc(-n2c3ccccc3c3c(N(c4ccc(-c5ccc(-c6ccc7ccccc7c6)cc5)cc4)c4cccc(-c5cccc6c5ccc5ccccc56)c4)cccc32)cc1. The van der Waals surface area contributed by atoms with Gasteiger partial charge in [-0.2, -0.15) is 0 Å². The van der Waals surface area contributed by atoms with Crippen molar-refractivity contribution >= 4 is 71.2 Å². The molecule has 0 N–H and O–H groups in total. The highest BCUT2D eigenvalue weighted by atomic mass is 15.1. The van der Waals surface area contributed by atoms with E-state index >= 15 is 0 Å². The third-order valence-corrected chi connectivity index (χ3v) is 12.6. The Morgan fingerprint density at radius 1 is 0.290 bits per heavy atom. The molecule has 0 fully saturated rings. The molecule has 0 saturated heterocycles. The van der Waals surface area contributed by atoms with Gasteiger partial charge in [0, 0.05) is 27.8 Å². The third kappa shape index (κ3) is 6.04. The lowest BCUT2D eigenvalue weighted by Crippen LogP contribution is -2.10. The molecular formula is C60H40N2. The van der Waals surface area contributed by atoms with Gasteiger partial charge in [0.1, 0.15) is 0 Å². The monoisotopic (exact) mass is 788 g/mol. The van der Waals surface area contributed by atoms with Crippen LogP contribution in [0.4, 0.5) is 17.1 Å². The first kappa shape index (κ1) is 35.7. The van der Waals surface area contributed by atoms with Gasteiger partial charge in [0.25, 0.3) is 0 Å². The molecule has 1 heterocycles. The maximum absolute atomic E-state index is 2.45. The summed E-state index contributed by atoms with van der Waals surface area (Å²) in [5, 5.41) is 9.98. The van der Waals surface area contributed by atoms with Gasteiger partial charge in [-0.25, -0.2) is 0 Å². The fraction of sp³-hybridized carbons (Fsp3) is 0. The van der Waals surface area contributed by atoms with E-state index in [1.165, 1.54) is 87.5 Å². The topological polar surface area (TPSA) is 8.17 Å². The number of anilines is 3. The molecular weight excluding hydrogens is 749 g/mol. The van der Waals surface area contributed by atoms with E-state index in [4.69, 9.17) is 0 Å². The molecule has 0 atom stereocenters. The highest BCUT2D eigenvalue weighted by Gasteiger charge is 2.22. The lowest BCUT2D eigenvalue weighted by atomic mass is 9.94. The zero-order valence-electron chi connectivity index (χ0n) is 34.0. The summed E-state index contributed by atoms with van der Waals surface area (Å²) in [6.07, 6.45) is 0. The molecule has 62 heavy (non-hydrogen) atoms. The van der Waals surface area contributed by atoms with Gasteiger partial charge in [0.2, 0.25) is 0 Å². The number of fused-ring (bicyclic) bond motifs is 7. The summed E-state index contributed by atoms with van der Waals surface area (Å²) in [7, 11) is 0. The predicted octanol–water partition coefficient (Wildman–Crippen LogP) is 16.7. The van der Waals surface area contributed by atoms with Crippen molar-refractivity contribution < 1.29 is 0 Å². The summed E-state index contributed by atoms with van der Waals surface area (Å²) in [5.41, 5.74) is 14.0. The molecule has 2 heteroatoms. The number of aromatic nitrogens is 1. The Balaban J connectivity index is 1.01. The smallest absolute Gasteiger partial charge is 0.0562 e. The van der Waals surface area contributed by atoms with Crippen LogP contribution in [-0.2, 0) is 0 Å². The minimum absolute atomic E-state index is 1.09. The maximum Gasteiger partial charge on any atom is 0.0562 e. The van der Waals surface area contributed by atoms with Gasteiger partial charge < -0.3 is 9.47 Å². The molecule has 0 amide bonds. The quantitative estimate of drug-likeness (QED) is 0.146. The van der Waals surface area contributed by atoms with Crippen molar-refractivity contribution in [3.8, 4) is 39.1 Å². The van der Waals surface area contributed by atoms with Crippen molar-refractivity contribution in [1.82, 2.24) is 4.57 Å². The van der Waals surface area contributed by atoms with Crippen molar-refractivity contribution in [2.24, 2.45) is 0 Å². The fourth-order valence-electron chi connectivity index (χ4n) is 9.60. The maximum atomic E-state index is 2.45. The minimum Gasteiger partial charge on any atom is -0.310 e. The normalized spacial score (nSPS) is 11.5. The zero-order chi connectivity index (χ0) is 41.0. The van der Waals surface area contributed by atoms with Gasteiger partial charge in [0.15, 0.2) is 0 Å². The van der Waals surface area contributed by atoms with E-state index in [2.05, 4.69) is 252 Å². The molecule has 0 radical (unpaired) electrons. The molecule has 0 bridgehead atoms. The second-order valence-electron chi connectivity index (χ2n) is 16.1. The van der Waals surface area contributed by atoms with E-state index in [0.29, 0.717) is 0 Å². The van der Waals surface area contributed by atoms with Crippen LogP contribution in [0.25, 0.3) is 93.2 Å². The number of rotatable bonds is 7. The second kappa shape index (κ2) is 14.8. The van der Waals surface area contributed by atoms with E-state index in [-0.39, 0.29) is 0 Å². The molecule has 0 aliphatic carbocycles. The summed E-state index contributed by atoms with van der Waals surface area (Å²) in [6, 6.07) is 88.5. The van der Waals surface area contributed by atoms with Gasteiger partial charge >= 0.3 is 0 Å². The summed E-state index contributed by atoms with van der Waals surface area (Å²) in [5.74, 6) is 0. The number of para-hydroxylation sites is 2. The molecule has 12 aromatic rings. The molecule has 0 aliphatic rings. The zero-order valence-corrected chi connectivity index (χ0v) is 34.0. The van der Waals surface area contributed by atoms with Crippen LogP contribution in [0.1, 0.15) is 0 Å². The van der Waals surface area contributed by atoms with Gasteiger partial charge in [-0.3, -0.25) is 0 Å². The standard InChI is InChI=1S/C60H40N2/c1-2-17-49(18-3-1)62-57-24-9-8-21-56(57)60-58(25-12-26-59(60)62)61(51-19-10-16-48(40-51)53-22-11-23-54-52-20-7-6-14-45(52)35-38-55(53)54)50-36-33-43(34-37-50)42-27-29-44(30-28-42)47-32-31-41-13-4-5-15-46(41)39-47/h1-40H. The minimum atomic E-state index is 1.09. The molecule has 0 spiro atoms. The van der Waals surface area contributed by atoms with Crippen LogP contribution in [0.2, 0.25) is 0 Å². The van der Waals surface area contributed by atoms with Crippen LogP contribution >= 0.6 is 0 Å². The molecule has 290 valence electrons. The Morgan fingerprint density at radius 3 is 1.71 bits per heavy atom. The number of benzene rings is 11. The predicted molar refractivity (Wildman–Crippen MR) is 264 cm³/mol. The van der Waals surface area contributed by atoms with E-state index in [9.17, 15) is 0 Å². The average Bonchev–Trinajstić information content (AvgIpc) is 3.69. The Morgan fingerprint density at radius 2 is 0.887 bits per heavy atom.